The lowest BCUT2D eigenvalue weighted by molar-refractivity contribution is 0.0947. The van der Waals surface area contributed by atoms with E-state index in [1.807, 2.05) is 25.1 Å². The zero-order chi connectivity index (χ0) is 18.0. The van der Waals surface area contributed by atoms with Crippen LogP contribution in [0.5, 0.6) is 0 Å². The molecule has 0 aliphatic rings. The third kappa shape index (κ3) is 3.86. The molecule has 0 aliphatic carbocycles. The van der Waals surface area contributed by atoms with E-state index in [4.69, 9.17) is 11.6 Å². The van der Waals surface area contributed by atoms with Gasteiger partial charge < -0.3 is 5.32 Å². The van der Waals surface area contributed by atoms with E-state index in [9.17, 15) is 13.6 Å². The molecule has 128 valence electrons. The number of benzene rings is 2. The summed E-state index contributed by atoms with van der Waals surface area (Å²) in [6.45, 7) is 2.03. The molecule has 0 saturated heterocycles. The molecular formula is C18H13ClF2N2OS. The molecular weight excluding hydrogens is 366 g/mol. The summed E-state index contributed by atoms with van der Waals surface area (Å²) >= 11 is 7.59. The highest BCUT2D eigenvalue weighted by Crippen LogP contribution is 2.32. The molecule has 0 aliphatic heterocycles. The molecule has 0 unspecified atom stereocenters. The van der Waals surface area contributed by atoms with Gasteiger partial charge in [0.1, 0.15) is 16.6 Å². The fourth-order valence-electron chi connectivity index (χ4n) is 2.27. The van der Waals surface area contributed by atoms with Gasteiger partial charge in [0.2, 0.25) is 0 Å². The smallest absolute Gasteiger partial charge is 0.254 e. The molecule has 25 heavy (non-hydrogen) atoms. The van der Waals surface area contributed by atoms with E-state index in [-0.39, 0.29) is 12.1 Å². The van der Waals surface area contributed by atoms with Gasteiger partial charge in [0.05, 0.1) is 22.8 Å². The molecule has 0 atom stereocenters. The van der Waals surface area contributed by atoms with Crippen LogP contribution in [0.25, 0.3) is 10.6 Å². The van der Waals surface area contributed by atoms with Gasteiger partial charge in [-0.15, -0.1) is 11.3 Å². The number of nitrogens with zero attached hydrogens (tertiary/aromatic N) is 1. The van der Waals surface area contributed by atoms with Gasteiger partial charge >= 0.3 is 0 Å². The van der Waals surface area contributed by atoms with Gasteiger partial charge in [-0.3, -0.25) is 4.79 Å². The zero-order valence-electron chi connectivity index (χ0n) is 13.1. The third-order valence-corrected chi connectivity index (χ3v) is 5.10. The Kier molecular flexibility index (Phi) is 5.11. The Balaban J connectivity index is 1.76. The van der Waals surface area contributed by atoms with Crippen LogP contribution in [0.15, 0.2) is 42.5 Å². The van der Waals surface area contributed by atoms with Gasteiger partial charge in [0.15, 0.2) is 0 Å². The van der Waals surface area contributed by atoms with Crippen LogP contribution in [0.1, 0.15) is 20.9 Å². The maximum absolute atomic E-state index is 13.7. The lowest BCUT2D eigenvalue weighted by atomic mass is 10.2. The van der Waals surface area contributed by atoms with Crippen molar-refractivity contribution >= 4 is 28.8 Å². The van der Waals surface area contributed by atoms with Gasteiger partial charge in [-0.1, -0.05) is 29.8 Å². The maximum atomic E-state index is 13.7. The summed E-state index contributed by atoms with van der Waals surface area (Å²) in [5, 5.41) is 3.98. The van der Waals surface area contributed by atoms with Crippen molar-refractivity contribution in [3.8, 4) is 10.6 Å². The average molecular weight is 379 g/mol. The Morgan fingerprint density at radius 3 is 2.72 bits per heavy atom. The van der Waals surface area contributed by atoms with Crippen molar-refractivity contribution in [3.05, 3.63) is 75.3 Å². The monoisotopic (exact) mass is 378 g/mol. The van der Waals surface area contributed by atoms with E-state index in [0.29, 0.717) is 11.1 Å². The van der Waals surface area contributed by atoms with E-state index < -0.39 is 17.5 Å². The number of hydrogen-bond acceptors (Lipinski definition) is 3. The normalized spacial score (nSPS) is 10.7. The van der Waals surface area contributed by atoms with Crippen LogP contribution in [-0.4, -0.2) is 10.9 Å². The van der Waals surface area contributed by atoms with Crippen LogP contribution >= 0.6 is 22.9 Å². The van der Waals surface area contributed by atoms with E-state index in [1.165, 1.54) is 11.3 Å². The van der Waals surface area contributed by atoms with Crippen molar-refractivity contribution in [2.45, 2.75) is 13.5 Å². The fraction of sp³-hybridized carbons (Fsp3) is 0.111. The lowest BCUT2D eigenvalue weighted by Gasteiger charge is -2.05. The van der Waals surface area contributed by atoms with Crippen LogP contribution in [0.2, 0.25) is 5.02 Å². The largest absolute Gasteiger partial charge is 0.347 e. The Labute approximate surface area is 152 Å². The topological polar surface area (TPSA) is 42.0 Å². The fourth-order valence-corrected chi connectivity index (χ4v) is 3.59. The minimum atomic E-state index is -0.893. The first-order chi connectivity index (χ1) is 12.0. The van der Waals surface area contributed by atoms with Crippen molar-refractivity contribution < 1.29 is 13.6 Å². The van der Waals surface area contributed by atoms with E-state index in [2.05, 4.69) is 10.3 Å². The first kappa shape index (κ1) is 17.5. The summed E-state index contributed by atoms with van der Waals surface area (Å²) in [6, 6.07) is 10.2. The lowest BCUT2D eigenvalue weighted by Crippen LogP contribution is -2.23. The van der Waals surface area contributed by atoms with Gasteiger partial charge in [0, 0.05) is 16.5 Å². The maximum Gasteiger partial charge on any atom is 0.254 e. The first-order valence-corrected chi connectivity index (χ1v) is 8.59. The zero-order valence-corrected chi connectivity index (χ0v) is 14.7. The highest BCUT2D eigenvalue weighted by molar-refractivity contribution is 7.15. The molecule has 3 nitrogen and oxygen atoms in total. The van der Waals surface area contributed by atoms with E-state index in [1.54, 1.807) is 6.07 Å². The number of carbonyl (C=O) groups excluding carboxylic acids is 1. The number of hydrogen-bond donors (Lipinski definition) is 1. The van der Waals surface area contributed by atoms with E-state index >= 15 is 0 Å². The Bertz CT molecular complexity index is 943. The molecule has 0 spiro atoms. The van der Waals surface area contributed by atoms with Crippen LogP contribution in [-0.2, 0) is 6.54 Å². The molecule has 0 bridgehead atoms. The Hall–Kier alpha value is -2.31. The molecule has 0 saturated carbocycles. The van der Waals surface area contributed by atoms with Crippen molar-refractivity contribution in [2.24, 2.45) is 0 Å². The number of halogens is 3. The summed E-state index contributed by atoms with van der Waals surface area (Å²) in [4.78, 5) is 17.4. The Morgan fingerprint density at radius 2 is 2.00 bits per heavy atom. The molecule has 2 aromatic carbocycles. The molecule has 1 heterocycles. The van der Waals surface area contributed by atoms with Gasteiger partial charge in [-0.2, -0.15) is 0 Å². The second kappa shape index (κ2) is 7.29. The highest BCUT2D eigenvalue weighted by Gasteiger charge is 2.15. The second-order valence-electron chi connectivity index (χ2n) is 5.31. The minimum Gasteiger partial charge on any atom is -0.347 e. The van der Waals surface area contributed by atoms with Crippen LogP contribution in [0.4, 0.5) is 8.78 Å². The van der Waals surface area contributed by atoms with E-state index in [0.717, 1.165) is 33.3 Å². The predicted molar refractivity (Wildman–Crippen MR) is 94.8 cm³/mol. The molecule has 3 rings (SSSR count). The summed E-state index contributed by atoms with van der Waals surface area (Å²) in [5.41, 5.74) is 1.38. The summed E-state index contributed by atoms with van der Waals surface area (Å²) in [6.07, 6.45) is 0. The third-order valence-electron chi connectivity index (χ3n) is 3.58. The number of carbonyl (C=O) groups is 1. The van der Waals surface area contributed by atoms with Crippen molar-refractivity contribution in [1.29, 1.82) is 0 Å². The predicted octanol–water partition coefficient (Wildman–Crippen LogP) is 4.98. The van der Waals surface area contributed by atoms with Crippen LogP contribution in [0, 0.1) is 18.6 Å². The number of aryl methyl sites for hydroxylation is 1. The second-order valence-corrected chi connectivity index (χ2v) is 6.81. The number of aromatic nitrogens is 1. The molecule has 3 aromatic rings. The summed E-state index contributed by atoms with van der Waals surface area (Å²) in [5.74, 6) is -2.23. The molecule has 1 aromatic heterocycles. The van der Waals surface area contributed by atoms with Gasteiger partial charge in [-0.05, 0) is 25.1 Å². The highest BCUT2D eigenvalue weighted by atomic mass is 35.5. The number of amides is 1. The number of thiazole rings is 1. The molecule has 0 radical (unpaired) electrons. The average Bonchev–Trinajstić information content (AvgIpc) is 2.94. The molecule has 1 amide bonds. The molecule has 0 fully saturated rings. The minimum absolute atomic E-state index is 0.198. The van der Waals surface area contributed by atoms with Crippen molar-refractivity contribution in [1.82, 2.24) is 10.3 Å². The quantitative estimate of drug-likeness (QED) is 0.695. The summed E-state index contributed by atoms with van der Waals surface area (Å²) in [7, 11) is 0. The van der Waals surface area contributed by atoms with Gasteiger partial charge in [0.25, 0.3) is 5.91 Å². The van der Waals surface area contributed by atoms with Gasteiger partial charge in [-0.25, -0.2) is 13.8 Å². The standard InChI is InChI=1S/C18H13ClF2N2OS/c1-10-16(25-18(23-10)12-4-2-3-5-14(12)19)9-22-17(24)13-7-6-11(20)8-15(13)21/h2-8H,9H2,1H3,(H,22,24). The number of rotatable bonds is 4. The molecule has 1 N–H and O–H groups in total. The van der Waals surface area contributed by atoms with Crippen LogP contribution in [0.3, 0.4) is 0 Å². The number of nitrogens with one attached hydrogen (secondary N) is 1. The Morgan fingerprint density at radius 1 is 1.24 bits per heavy atom. The molecule has 7 heteroatoms. The first-order valence-electron chi connectivity index (χ1n) is 7.40. The van der Waals surface area contributed by atoms with Crippen molar-refractivity contribution in [3.63, 3.8) is 0 Å². The summed E-state index contributed by atoms with van der Waals surface area (Å²) < 4.78 is 26.6. The van der Waals surface area contributed by atoms with Crippen LogP contribution < -0.4 is 5.32 Å². The van der Waals surface area contributed by atoms with Crippen molar-refractivity contribution in [2.75, 3.05) is 0 Å². The SMILES string of the molecule is Cc1nc(-c2ccccc2Cl)sc1CNC(=O)c1ccc(F)cc1F.